The minimum atomic E-state index is 0.589. The summed E-state index contributed by atoms with van der Waals surface area (Å²) in [5.41, 5.74) is 8.80. The van der Waals surface area contributed by atoms with Gasteiger partial charge in [-0.15, -0.1) is 0 Å². The van der Waals surface area contributed by atoms with E-state index in [1.807, 2.05) is 42.2 Å². The van der Waals surface area contributed by atoms with Gasteiger partial charge in [0.05, 0.1) is 5.69 Å². The Kier molecular flexibility index (Phi) is 4.63. The molecule has 0 unspecified atom stereocenters. The lowest BCUT2D eigenvalue weighted by molar-refractivity contribution is 0.852. The monoisotopic (exact) mass is 308 g/mol. The third kappa shape index (κ3) is 3.73. The van der Waals surface area contributed by atoms with Crippen molar-refractivity contribution in [1.29, 1.82) is 0 Å². The van der Waals surface area contributed by atoms with Gasteiger partial charge in [-0.1, -0.05) is 12.1 Å². The molecule has 2 N–H and O–H groups in total. The molecule has 0 aliphatic heterocycles. The quantitative estimate of drug-likeness (QED) is 0.752. The fourth-order valence-electron chi connectivity index (χ4n) is 2.45. The molecule has 0 aliphatic carbocycles. The Morgan fingerprint density at radius 3 is 2.87 bits per heavy atom. The van der Waals surface area contributed by atoms with Crippen LogP contribution >= 0.6 is 0 Å². The van der Waals surface area contributed by atoms with Gasteiger partial charge in [-0.25, -0.2) is 14.6 Å². The van der Waals surface area contributed by atoms with Crippen LogP contribution in [0.1, 0.15) is 11.3 Å². The minimum Gasteiger partial charge on any atom is -0.355 e. The van der Waals surface area contributed by atoms with E-state index >= 15 is 0 Å². The van der Waals surface area contributed by atoms with Crippen LogP contribution in [-0.4, -0.2) is 33.3 Å². The smallest absolute Gasteiger partial charge is 0.132 e. The van der Waals surface area contributed by atoms with Crippen LogP contribution in [0.2, 0.25) is 0 Å². The lowest BCUT2D eigenvalue weighted by atomic mass is 10.2. The van der Waals surface area contributed by atoms with E-state index in [-0.39, 0.29) is 0 Å². The number of aromatic nitrogens is 4. The first-order chi connectivity index (χ1) is 11.3. The van der Waals surface area contributed by atoms with E-state index in [9.17, 15) is 0 Å². The molecule has 0 radical (unpaired) electrons. The van der Waals surface area contributed by atoms with Crippen molar-refractivity contribution in [1.82, 2.24) is 19.7 Å². The summed E-state index contributed by atoms with van der Waals surface area (Å²) in [6.45, 7) is 1.35. The fraction of sp³-hybridized carbons (Fsp3) is 0.235. The molecule has 0 aliphatic rings. The molecule has 6 heteroatoms. The zero-order valence-corrected chi connectivity index (χ0v) is 13.1. The lowest BCUT2D eigenvalue weighted by Gasteiger charge is -2.19. The predicted octanol–water partition coefficient (Wildman–Crippen LogP) is 1.80. The SMILES string of the molecule is CN(Cc1cccc(-n2cccn2)c1)c1cc(CCN)ncn1. The molecule has 0 atom stereocenters. The number of hydrogen-bond acceptors (Lipinski definition) is 5. The topological polar surface area (TPSA) is 72.9 Å². The van der Waals surface area contributed by atoms with Gasteiger partial charge in [0, 0.05) is 44.2 Å². The number of nitrogens with zero attached hydrogens (tertiary/aromatic N) is 5. The van der Waals surface area contributed by atoms with Crippen molar-refractivity contribution in [2.24, 2.45) is 5.73 Å². The van der Waals surface area contributed by atoms with Crippen LogP contribution in [0.25, 0.3) is 5.69 Å². The van der Waals surface area contributed by atoms with Crippen molar-refractivity contribution in [3.63, 3.8) is 0 Å². The van der Waals surface area contributed by atoms with Crippen LogP contribution in [0.3, 0.4) is 0 Å². The average molecular weight is 308 g/mol. The van der Waals surface area contributed by atoms with Crippen LogP contribution in [0.15, 0.2) is 55.1 Å². The summed E-state index contributed by atoms with van der Waals surface area (Å²) in [6.07, 6.45) is 6.07. The molecule has 0 saturated heterocycles. The molecule has 3 rings (SSSR count). The van der Waals surface area contributed by atoms with Crippen LogP contribution < -0.4 is 10.6 Å². The number of benzene rings is 1. The average Bonchev–Trinajstić information content (AvgIpc) is 3.10. The number of hydrogen-bond donors (Lipinski definition) is 1. The second kappa shape index (κ2) is 7.02. The van der Waals surface area contributed by atoms with Gasteiger partial charge in [0.15, 0.2) is 0 Å². The van der Waals surface area contributed by atoms with Crippen molar-refractivity contribution >= 4 is 5.82 Å². The van der Waals surface area contributed by atoms with Crippen LogP contribution in [-0.2, 0) is 13.0 Å². The zero-order chi connectivity index (χ0) is 16.1. The van der Waals surface area contributed by atoms with Gasteiger partial charge in [-0.05, 0) is 30.3 Å². The third-order valence-electron chi connectivity index (χ3n) is 3.60. The zero-order valence-electron chi connectivity index (χ0n) is 13.1. The maximum absolute atomic E-state index is 5.59. The van der Waals surface area contributed by atoms with E-state index in [0.717, 1.165) is 30.2 Å². The van der Waals surface area contributed by atoms with E-state index in [4.69, 9.17) is 5.73 Å². The number of anilines is 1. The molecule has 0 amide bonds. The molecule has 0 spiro atoms. The first-order valence-corrected chi connectivity index (χ1v) is 7.57. The van der Waals surface area contributed by atoms with Crippen molar-refractivity contribution in [3.05, 3.63) is 66.4 Å². The van der Waals surface area contributed by atoms with Gasteiger partial charge in [0.1, 0.15) is 12.1 Å². The van der Waals surface area contributed by atoms with Crippen LogP contribution in [0.4, 0.5) is 5.82 Å². The minimum absolute atomic E-state index is 0.589. The van der Waals surface area contributed by atoms with Gasteiger partial charge in [-0.3, -0.25) is 0 Å². The molecular formula is C17H20N6. The summed E-state index contributed by atoms with van der Waals surface area (Å²) in [6, 6.07) is 12.2. The Morgan fingerprint density at radius 1 is 1.17 bits per heavy atom. The van der Waals surface area contributed by atoms with Crippen molar-refractivity contribution < 1.29 is 0 Å². The van der Waals surface area contributed by atoms with Gasteiger partial charge in [0.2, 0.25) is 0 Å². The number of rotatable bonds is 6. The van der Waals surface area contributed by atoms with Gasteiger partial charge in [0.25, 0.3) is 0 Å². The lowest BCUT2D eigenvalue weighted by Crippen LogP contribution is -2.18. The van der Waals surface area contributed by atoms with E-state index < -0.39 is 0 Å². The molecular weight excluding hydrogens is 288 g/mol. The highest BCUT2D eigenvalue weighted by Crippen LogP contribution is 2.15. The highest BCUT2D eigenvalue weighted by Gasteiger charge is 2.06. The molecule has 1 aromatic carbocycles. The normalized spacial score (nSPS) is 10.7. The Balaban J connectivity index is 1.76. The van der Waals surface area contributed by atoms with E-state index in [1.54, 1.807) is 12.5 Å². The molecule has 2 heterocycles. The molecule has 6 nitrogen and oxygen atoms in total. The molecule has 0 bridgehead atoms. The predicted molar refractivity (Wildman–Crippen MR) is 90.5 cm³/mol. The van der Waals surface area contributed by atoms with E-state index in [2.05, 4.69) is 32.1 Å². The summed E-state index contributed by atoms with van der Waals surface area (Å²) in [4.78, 5) is 10.7. The maximum Gasteiger partial charge on any atom is 0.132 e. The Labute approximate surface area is 135 Å². The largest absolute Gasteiger partial charge is 0.355 e. The highest BCUT2D eigenvalue weighted by molar-refractivity contribution is 5.41. The molecule has 0 saturated carbocycles. The second-order valence-electron chi connectivity index (χ2n) is 5.38. The van der Waals surface area contributed by atoms with E-state index in [1.165, 1.54) is 5.56 Å². The highest BCUT2D eigenvalue weighted by atomic mass is 15.3. The van der Waals surface area contributed by atoms with Gasteiger partial charge < -0.3 is 10.6 Å². The van der Waals surface area contributed by atoms with Crippen LogP contribution in [0, 0.1) is 0 Å². The van der Waals surface area contributed by atoms with Crippen molar-refractivity contribution in [2.45, 2.75) is 13.0 Å². The molecule has 3 aromatic rings. The Morgan fingerprint density at radius 2 is 2.09 bits per heavy atom. The summed E-state index contributed by atoms with van der Waals surface area (Å²) in [7, 11) is 2.02. The summed E-state index contributed by atoms with van der Waals surface area (Å²) >= 11 is 0. The fourth-order valence-corrected chi connectivity index (χ4v) is 2.45. The van der Waals surface area contributed by atoms with Crippen LogP contribution in [0.5, 0.6) is 0 Å². The van der Waals surface area contributed by atoms with Gasteiger partial charge in [-0.2, -0.15) is 5.10 Å². The molecule has 2 aromatic heterocycles. The summed E-state index contributed by atoms with van der Waals surface area (Å²) < 4.78 is 1.85. The van der Waals surface area contributed by atoms with Gasteiger partial charge >= 0.3 is 0 Å². The number of nitrogens with two attached hydrogens (primary N) is 1. The maximum atomic E-state index is 5.59. The summed E-state index contributed by atoms with van der Waals surface area (Å²) in [5.74, 6) is 0.896. The van der Waals surface area contributed by atoms with E-state index in [0.29, 0.717) is 6.54 Å². The standard InChI is InChI=1S/C17H20N6/c1-22(17-11-15(6-7-18)19-13-20-17)12-14-4-2-5-16(10-14)23-9-3-8-21-23/h2-5,8-11,13H,6-7,12,18H2,1H3. The van der Waals surface area contributed by atoms with Crippen molar-refractivity contribution in [2.75, 3.05) is 18.5 Å². The Hall–Kier alpha value is -2.73. The molecule has 23 heavy (non-hydrogen) atoms. The summed E-state index contributed by atoms with van der Waals surface area (Å²) in [5, 5.41) is 4.27. The third-order valence-corrected chi connectivity index (χ3v) is 3.60. The molecule has 0 fully saturated rings. The molecule has 118 valence electrons. The first-order valence-electron chi connectivity index (χ1n) is 7.57. The Bertz CT molecular complexity index is 753. The first kappa shape index (κ1) is 15.2. The second-order valence-corrected chi connectivity index (χ2v) is 5.38. The van der Waals surface area contributed by atoms with Crippen molar-refractivity contribution in [3.8, 4) is 5.69 Å².